The maximum Gasteiger partial charge on any atom is 0.236 e. The van der Waals surface area contributed by atoms with Crippen LogP contribution in [0.3, 0.4) is 0 Å². The Hall–Kier alpha value is -1.10. The number of carbonyl (C=O) groups excluding carboxylic acids is 2. The highest BCUT2D eigenvalue weighted by Gasteiger charge is 2.30. The molecule has 0 aromatic rings. The van der Waals surface area contributed by atoms with Gasteiger partial charge in [-0.25, -0.2) is 0 Å². The van der Waals surface area contributed by atoms with Crippen molar-refractivity contribution in [3.05, 3.63) is 0 Å². The Balaban J connectivity index is 1.48. The van der Waals surface area contributed by atoms with Gasteiger partial charge >= 0.3 is 0 Å². The first kappa shape index (κ1) is 14.3. The fourth-order valence-corrected chi connectivity index (χ4v) is 2.22. The second-order valence-electron chi connectivity index (χ2n) is 5.53. The molecule has 0 aromatic heterocycles. The number of nitrogens with zero attached hydrogens (tertiary/aromatic N) is 1. The van der Waals surface area contributed by atoms with Crippen molar-refractivity contribution in [2.75, 3.05) is 19.6 Å². The molecule has 0 saturated heterocycles. The van der Waals surface area contributed by atoms with Gasteiger partial charge in [-0.15, -0.1) is 0 Å². The summed E-state index contributed by atoms with van der Waals surface area (Å²) in [5.41, 5.74) is 0. The molecule has 5 nitrogen and oxygen atoms in total. The van der Waals surface area contributed by atoms with Crippen LogP contribution in [0.25, 0.3) is 0 Å². The van der Waals surface area contributed by atoms with Gasteiger partial charge < -0.3 is 15.5 Å². The van der Waals surface area contributed by atoms with Crippen molar-refractivity contribution >= 4 is 11.8 Å². The zero-order valence-corrected chi connectivity index (χ0v) is 11.8. The van der Waals surface area contributed by atoms with Crippen molar-refractivity contribution in [3.8, 4) is 0 Å². The summed E-state index contributed by atoms with van der Waals surface area (Å²) in [6.07, 6.45) is 5.92. The van der Waals surface area contributed by atoms with Gasteiger partial charge in [0.25, 0.3) is 0 Å². The fourth-order valence-electron chi connectivity index (χ4n) is 2.22. The topological polar surface area (TPSA) is 61.4 Å². The van der Waals surface area contributed by atoms with Crippen molar-refractivity contribution in [3.63, 3.8) is 0 Å². The van der Waals surface area contributed by atoms with E-state index in [-0.39, 0.29) is 11.8 Å². The molecule has 5 heteroatoms. The van der Waals surface area contributed by atoms with Crippen LogP contribution in [0.4, 0.5) is 0 Å². The van der Waals surface area contributed by atoms with Gasteiger partial charge in [-0.1, -0.05) is 0 Å². The predicted octanol–water partition coefficient (Wildman–Crippen LogP) is 0.646. The van der Waals surface area contributed by atoms with E-state index >= 15 is 0 Å². The number of likely N-dealkylation sites (N-methyl/N-ethyl adjacent to an activating group) is 1. The lowest BCUT2D eigenvalue weighted by Gasteiger charge is -2.20. The lowest BCUT2D eigenvalue weighted by Crippen LogP contribution is -2.39. The van der Waals surface area contributed by atoms with E-state index in [1.165, 1.54) is 0 Å². The molecule has 0 atom stereocenters. The molecule has 0 aromatic carbocycles. The van der Waals surface area contributed by atoms with Gasteiger partial charge in [0.1, 0.15) is 0 Å². The summed E-state index contributed by atoms with van der Waals surface area (Å²) in [5, 5.41) is 6.10. The molecule has 108 valence electrons. The summed E-state index contributed by atoms with van der Waals surface area (Å²) >= 11 is 0. The minimum atomic E-state index is 0.142. The van der Waals surface area contributed by atoms with Gasteiger partial charge in [-0.05, 0) is 45.6 Å². The molecule has 2 aliphatic carbocycles. The second-order valence-corrected chi connectivity index (χ2v) is 5.53. The Morgan fingerprint density at radius 3 is 2.53 bits per heavy atom. The lowest BCUT2D eigenvalue weighted by atomic mass is 10.3. The summed E-state index contributed by atoms with van der Waals surface area (Å²) in [6.45, 7) is 3.95. The molecule has 2 rings (SSSR count). The molecule has 0 radical (unpaired) electrons. The van der Waals surface area contributed by atoms with Crippen molar-refractivity contribution in [2.45, 2.75) is 57.5 Å². The highest BCUT2D eigenvalue weighted by Crippen LogP contribution is 2.26. The Morgan fingerprint density at radius 1 is 1.21 bits per heavy atom. The number of hydrogen-bond donors (Lipinski definition) is 2. The van der Waals surface area contributed by atoms with Crippen LogP contribution < -0.4 is 10.6 Å². The fraction of sp³-hybridized carbons (Fsp3) is 0.857. The Bertz CT molecular complexity index is 325. The standard InChI is InChI=1S/C14H25N3O2/c1-2-17(12-7-8-12)14(19)10-15-9-3-4-13(18)16-11-5-6-11/h11-12,15H,2-10H2,1H3,(H,16,18). The van der Waals surface area contributed by atoms with E-state index in [0.717, 1.165) is 45.2 Å². The highest BCUT2D eigenvalue weighted by molar-refractivity contribution is 5.79. The van der Waals surface area contributed by atoms with Crippen LogP contribution in [0.15, 0.2) is 0 Å². The van der Waals surface area contributed by atoms with Gasteiger partial charge in [-0.3, -0.25) is 9.59 Å². The number of hydrogen-bond acceptors (Lipinski definition) is 3. The molecule has 2 amide bonds. The largest absolute Gasteiger partial charge is 0.353 e. The van der Waals surface area contributed by atoms with Crippen molar-refractivity contribution < 1.29 is 9.59 Å². The third-order valence-electron chi connectivity index (χ3n) is 3.62. The van der Waals surface area contributed by atoms with E-state index in [9.17, 15) is 9.59 Å². The van der Waals surface area contributed by atoms with Crippen LogP contribution in [0.2, 0.25) is 0 Å². The first-order chi connectivity index (χ1) is 9.20. The molecule has 0 spiro atoms. The molecule has 0 heterocycles. The monoisotopic (exact) mass is 267 g/mol. The third-order valence-corrected chi connectivity index (χ3v) is 3.62. The van der Waals surface area contributed by atoms with Gasteiger partial charge in [0, 0.05) is 25.0 Å². The molecule has 2 N–H and O–H groups in total. The van der Waals surface area contributed by atoms with Crippen molar-refractivity contribution in [2.24, 2.45) is 0 Å². The van der Waals surface area contributed by atoms with E-state index in [1.807, 2.05) is 11.8 Å². The minimum Gasteiger partial charge on any atom is -0.353 e. The Morgan fingerprint density at radius 2 is 1.95 bits per heavy atom. The van der Waals surface area contributed by atoms with E-state index in [2.05, 4.69) is 10.6 Å². The van der Waals surface area contributed by atoms with Gasteiger partial charge in [0.05, 0.1) is 6.54 Å². The Kier molecular flexibility index (Phi) is 5.19. The van der Waals surface area contributed by atoms with Crippen molar-refractivity contribution in [1.82, 2.24) is 15.5 Å². The lowest BCUT2D eigenvalue weighted by molar-refractivity contribution is -0.130. The van der Waals surface area contributed by atoms with Gasteiger partial charge in [0.2, 0.25) is 11.8 Å². The van der Waals surface area contributed by atoms with Crippen LogP contribution in [0, 0.1) is 0 Å². The SMILES string of the molecule is CCN(C(=O)CNCCCC(=O)NC1CC1)C1CC1. The molecule has 0 unspecified atom stereocenters. The molecule has 19 heavy (non-hydrogen) atoms. The summed E-state index contributed by atoms with van der Waals surface area (Å²) in [7, 11) is 0. The van der Waals surface area contributed by atoms with Crippen LogP contribution >= 0.6 is 0 Å². The molecular formula is C14H25N3O2. The van der Waals surface area contributed by atoms with Crippen LogP contribution in [-0.4, -0.2) is 48.4 Å². The minimum absolute atomic E-state index is 0.142. The zero-order chi connectivity index (χ0) is 13.7. The highest BCUT2D eigenvalue weighted by atomic mass is 16.2. The summed E-state index contributed by atoms with van der Waals surface area (Å²) < 4.78 is 0. The number of carbonyl (C=O) groups is 2. The van der Waals surface area contributed by atoms with Gasteiger partial charge in [0.15, 0.2) is 0 Å². The number of nitrogens with one attached hydrogen (secondary N) is 2. The molecule has 2 saturated carbocycles. The maximum absolute atomic E-state index is 11.9. The van der Waals surface area contributed by atoms with Crippen LogP contribution in [0.5, 0.6) is 0 Å². The molecule has 0 aliphatic heterocycles. The van der Waals surface area contributed by atoms with E-state index in [4.69, 9.17) is 0 Å². The number of amides is 2. The van der Waals surface area contributed by atoms with Crippen molar-refractivity contribution in [1.29, 1.82) is 0 Å². The zero-order valence-electron chi connectivity index (χ0n) is 11.8. The summed E-state index contributed by atoms with van der Waals surface area (Å²) in [6, 6.07) is 0.933. The van der Waals surface area contributed by atoms with Crippen LogP contribution in [0.1, 0.15) is 45.4 Å². The predicted molar refractivity (Wildman–Crippen MR) is 73.7 cm³/mol. The molecular weight excluding hydrogens is 242 g/mol. The molecule has 0 bridgehead atoms. The maximum atomic E-state index is 11.9. The molecule has 2 fully saturated rings. The quantitative estimate of drug-likeness (QED) is 0.603. The smallest absolute Gasteiger partial charge is 0.236 e. The van der Waals surface area contributed by atoms with E-state index in [1.54, 1.807) is 0 Å². The summed E-state index contributed by atoms with van der Waals surface area (Å²) in [5.74, 6) is 0.330. The second kappa shape index (κ2) is 6.89. The Labute approximate surface area is 115 Å². The normalized spacial score (nSPS) is 18.2. The molecule has 2 aliphatic rings. The van der Waals surface area contributed by atoms with E-state index in [0.29, 0.717) is 25.0 Å². The third kappa shape index (κ3) is 5.19. The van der Waals surface area contributed by atoms with Crippen LogP contribution in [-0.2, 0) is 9.59 Å². The van der Waals surface area contributed by atoms with Gasteiger partial charge in [-0.2, -0.15) is 0 Å². The average Bonchev–Trinajstić information content (AvgIpc) is 3.23. The first-order valence-electron chi connectivity index (χ1n) is 7.50. The average molecular weight is 267 g/mol. The first-order valence-corrected chi connectivity index (χ1v) is 7.50. The van der Waals surface area contributed by atoms with E-state index < -0.39 is 0 Å². The number of rotatable bonds is 9. The summed E-state index contributed by atoms with van der Waals surface area (Å²) in [4.78, 5) is 25.3.